The minimum Gasteiger partial charge on any atom is -0.393 e. The van der Waals surface area contributed by atoms with Gasteiger partial charge in [0, 0.05) is 0 Å². The molecule has 0 saturated heterocycles. The van der Waals surface area contributed by atoms with Gasteiger partial charge in [0.15, 0.2) is 0 Å². The van der Waals surface area contributed by atoms with E-state index in [2.05, 4.69) is 115 Å². The summed E-state index contributed by atoms with van der Waals surface area (Å²) in [4.78, 5) is 0. The van der Waals surface area contributed by atoms with Gasteiger partial charge in [0.25, 0.3) is 0 Å². The van der Waals surface area contributed by atoms with Crippen molar-refractivity contribution in [3.63, 3.8) is 0 Å². The van der Waals surface area contributed by atoms with Crippen molar-refractivity contribution in [1.29, 1.82) is 0 Å². The number of dihydropyridines is 1. The molecule has 196 valence electrons. The highest BCUT2D eigenvalue weighted by atomic mass is 16.5. The average Bonchev–Trinajstić information content (AvgIpc) is 2.77. The lowest BCUT2D eigenvalue weighted by Gasteiger charge is -2.28. The SMILES string of the molecule is Cc1cc(C)cc(C2=CC(c3ccccc3C[C@@H](C)OC(CC(C)C)CC(O)CC(C)C)NC=C2)c1. The van der Waals surface area contributed by atoms with Crippen molar-refractivity contribution in [2.24, 2.45) is 11.8 Å². The maximum absolute atomic E-state index is 10.6. The second kappa shape index (κ2) is 13.3. The largest absolute Gasteiger partial charge is 0.393 e. The maximum atomic E-state index is 10.6. The molecule has 0 saturated carbocycles. The van der Waals surface area contributed by atoms with Crippen molar-refractivity contribution >= 4 is 5.57 Å². The molecule has 0 aromatic heterocycles. The highest BCUT2D eigenvalue weighted by molar-refractivity contribution is 5.76. The maximum Gasteiger partial charge on any atom is 0.0704 e. The summed E-state index contributed by atoms with van der Waals surface area (Å²) < 4.78 is 6.57. The Kier molecular flexibility index (Phi) is 10.4. The molecule has 3 nitrogen and oxygen atoms in total. The van der Waals surface area contributed by atoms with E-state index in [1.165, 1.54) is 33.4 Å². The van der Waals surface area contributed by atoms with Crippen LogP contribution in [-0.2, 0) is 11.2 Å². The van der Waals surface area contributed by atoms with Gasteiger partial charge in [0.1, 0.15) is 0 Å². The molecule has 2 aromatic rings. The summed E-state index contributed by atoms with van der Waals surface area (Å²) in [5.41, 5.74) is 7.69. The van der Waals surface area contributed by atoms with Gasteiger partial charge in [-0.2, -0.15) is 0 Å². The molecule has 36 heavy (non-hydrogen) atoms. The normalized spacial score (nSPS) is 18.2. The lowest BCUT2D eigenvalue weighted by molar-refractivity contribution is -0.0395. The molecule has 0 fully saturated rings. The molecule has 4 atom stereocenters. The van der Waals surface area contributed by atoms with Gasteiger partial charge in [-0.25, -0.2) is 0 Å². The molecule has 0 amide bonds. The minimum atomic E-state index is -0.305. The van der Waals surface area contributed by atoms with E-state index in [1.54, 1.807) is 0 Å². The van der Waals surface area contributed by atoms with Crippen molar-refractivity contribution in [1.82, 2.24) is 5.32 Å². The van der Waals surface area contributed by atoms with Crippen LogP contribution in [0.4, 0.5) is 0 Å². The molecular formula is C33H47NO2. The fraction of sp³-hybridized carbons (Fsp3) is 0.515. The first-order valence-corrected chi connectivity index (χ1v) is 13.7. The molecular weight excluding hydrogens is 442 g/mol. The van der Waals surface area contributed by atoms with E-state index in [0.717, 1.165) is 19.3 Å². The van der Waals surface area contributed by atoms with Gasteiger partial charge in [0.05, 0.1) is 24.4 Å². The molecule has 0 radical (unpaired) electrons. The Balaban J connectivity index is 1.75. The molecule has 3 unspecified atom stereocenters. The molecule has 1 heterocycles. The van der Waals surface area contributed by atoms with E-state index >= 15 is 0 Å². The first-order valence-electron chi connectivity index (χ1n) is 13.7. The first kappa shape index (κ1) is 28.2. The van der Waals surface area contributed by atoms with Crippen LogP contribution in [0.25, 0.3) is 5.57 Å². The second-order valence-electron chi connectivity index (χ2n) is 11.6. The van der Waals surface area contributed by atoms with E-state index in [-0.39, 0.29) is 24.4 Å². The van der Waals surface area contributed by atoms with Crippen LogP contribution in [0.15, 0.2) is 60.8 Å². The molecule has 3 heteroatoms. The van der Waals surface area contributed by atoms with Gasteiger partial charge in [-0.15, -0.1) is 0 Å². The Morgan fingerprint density at radius 3 is 2.22 bits per heavy atom. The predicted molar refractivity (Wildman–Crippen MR) is 153 cm³/mol. The van der Waals surface area contributed by atoms with Crippen LogP contribution in [-0.4, -0.2) is 23.4 Å². The van der Waals surface area contributed by atoms with Gasteiger partial charge in [-0.3, -0.25) is 0 Å². The monoisotopic (exact) mass is 489 g/mol. The summed E-state index contributed by atoms with van der Waals surface area (Å²) in [6.45, 7) is 15.3. The molecule has 0 bridgehead atoms. The smallest absolute Gasteiger partial charge is 0.0704 e. The fourth-order valence-electron chi connectivity index (χ4n) is 5.42. The molecule has 2 N–H and O–H groups in total. The highest BCUT2D eigenvalue weighted by Crippen LogP contribution is 2.30. The lowest BCUT2D eigenvalue weighted by Crippen LogP contribution is -2.28. The second-order valence-corrected chi connectivity index (χ2v) is 11.6. The Labute approximate surface area is 219 Å². The molecule has 3 rings (SSSR count). The number of aryl methyl sites for hydroxylation is 2. The lowest BCUT2D eigenvalue weighted by atomic mass is 9.91. The van der Waals surface area contributed by atoms with Gasteiger partial charge in [-0.05, 0) is 98.9 Å². The topological polar surface area (TPSA) is 41.5 Å². The van der Waals surface area contributed by atoms with Crippen LogP contribution in [0.3, 0.4) is 0 Å². The summed E-state index contributed by atoms with van der Waals surface area (Å²) in [6, 6.07) is 15.6. The molecule has 1 aliphatic rings. The van der Waals surface area contributed by atoms with E-state index in [9.17, 15) is 5.11 Å². The van der Waals surface area contributed by atoms with Crippen molar-refractivity contribution in [2.45, 2.75) is 98.5 Å². The van der Waals surface area contributed by atoms with Crippen molar-refractivity contribution in [3.8, 4) is 0 Å². The third kappa shape index (κ3) is 8.64. The van der Waals surface area contributed by atoms with Crippen molar-refractivity contribution in [2.75, 3.05) is 0 Å². The van der Waals surface area contributed by atoms with E-state index in [4.69, 9.17) is 4.74 Å². The van der Waals surface area contributed by atoms with Gasteiger partial charge >= 0.3 is 0 Å². The van der Waals surface area contributed by atoms with Crippen LogP contribution in [0, 0.1) is 25.7 Å². The number of ether oxygens (including phenoxy) is 1. The summed E-state index contributed by atoms with van der Waals surface area (Å²) in [6.07, 6.45) is 9.77. The number of rotatable bonds is 12. The number of aliphatic hydroxyl groups excluding tert-OH is 1. The van der Waals surface area contributed by atoms with E-state index in [1.807, 2.05) is 0 Å². The summed E-state index contributed by atoms with van der Waals surface area (Å²) in [5, 5.41) is 14.1. The molecule has 0 aliphatic carbocycles. The first-order chi connectivity index (χ1) is 17.1. The zero-order valence-electron chi connectivity index (χ0n) is 23.4. The fourth-order valence-corrected chi connectivity index (χ4v) is 5.42. The number of allylic oxidation sites excluding steroid dienone is 2. The van der Waals surface area contributed by atoms with Crippen LogP contribution in [0.1, 0.15) is 87.7 Å². The standard InChI is InChI=1S/C33H47NO2/c1-22(2)14-30(35)21-31(15-23(3)4)36-26(7)19-28-10-8-9-11-32(28)33-20-27(12-13-34-33)29-17-24(5)16-25(6)18-29/h8-13,16-18,20,22-23,26,30-31,33-35H,14-15,19,21H2,1-7H3/t26-,30?,31?,33?/m1/s1. The summed E-state index contributed by atoms with van der Waals surface area (Å²) in [5.74, 6) is 1.02. The van der Waals surface area contributed by atoms with Crippen LogP contribution < -0.4 is 5.32 Å². The van der Waals surface area contributed by atoms with Crippen molar-refractivity contribution < 1.29 is 9.84 Å². The quantitative estimate of drug-likeness (QED) is 0.321. The Hall–Kier alpha value is -2.36. The summed E-state index contributed by atoms with van der Waals surface area (Å²) >= 11 is 0. The molecule has 0 spiro atoms. The van der Waals surface area contributed by atoms with Crippen LogP contribution in [0.5, 0.6) is 0 Å². The number of benzene rings is 2. The Bertz CT molecular complexity index is 1020. The van der Waals surface area contributed by atoms with Crippen molar-refractivity contribution in [3.05, 3.63) is 88.6 Å². The Morgan fingerprint density at radius 2 is 1.56 bits per heavy atom. The average molecular weight is 490 g/mol. The van der Waals surface area contributed by atoms with Crippen LogP contribution in [0.2, 0.25) is 0 Å². The highest BCUT2D eigenvalue weighted by Gasteiger charge is 2.22. The predicted octanol–water partition coefficient (Wildman–Crippen LogP) is 7.70. The Morgan fingerprint density at radius 1 is 0.889 bits per heavy atom. The summed E-state index contributed by atoms with van der Waals surface area (Å²) in [7, 11) is 0. The minimum absolute atomic E-state index is 0.0724. The number of hydrogen-bond acceptors (Lipinski definition) is 3. The van der Waals surface area contributed by atoms with Gasteiger partial charge in [-0.1, -0.05) is 81.3 Å². The van der Waals surface area contributed by atoms with Crippen LogP contribution >= 0.6 is 0 Å². The third-order valence-electron chi connectivity index (χ3n) is 6.77. The van der Waals surface area contributed by atoms with E-state index in [0.29, 0.717) is 18.3 Å². The number of aliphatic hydroxyl groups is 1. The zero-order chi connectivity index (χ0) is 26.2. The number of nitrogens with one attached hydrogen (secondary N) is 1. The van der Waals surface area contributed by atoms with Gasteiger partial charge < -0.3 is 15.2 Å². The zero-order valence-corrected chi connectivity index (χ0v) is 23.4. The number of hydrogen-bond donors (Lipinski definition) is 2. The van der Waals surface area contributed by atoms with E-state index < -0.39 is 0 Å². The molecule has 2 aromatic carbocycles. The van der Waals surface area contributed by atoms with Gasteiger partial charge in [0.2, 0.25) is 0 Å². The molecule has 1 aliphatic heterocycles. The third-order valence-corrected chi connectivity index (χ3v) is 6.77.